The smallest absolute Gasteiger partial charge is 0.416 e. The van der Waals surface area contributed by atoms with E-state index in [-0.39, 0.29) is 39.0 Å². The Labute approximate surface area is 213 Å². The highest BCUT2D eigenvalue weighted by atomic mass is 19.4. The molecule has 3 rings (SSSR count). The zero-order valence-electron chi connectivity index (χ0n) is 19.9. The number of nitrogens with zero attached hydrogens (tertiary/aromatic N) is 1. The summed E-state index contributed by atoms with van der Waals surface area (Å²) in [5.41, 5.74) is -0.488. The normalized spacial score (nSPS) is 17.8. The first-order valence-electron chi connectivity index (χ1n) is 11.6. The van der Waals surface area contributed by atoms with Gasteiger partial charge >= 0.3 is 18.4 Å². The first kappa shape index (κ1) is 28.8. The van der Waals surface area contributed by atoms with Crippen LogP contribution in [0.1, 0.15) is 22.3 Å². The predicted octanol–water partition coefficient (Wildman–Crippen LogP) is 3.97. The van der Waals surface area contributed by atoms with Crippen molar-refractivity contribution in [2.75, 3.05) is 26.2 Å². The van der Waals surface area contributed by atoms with Crippen LogP contribution in [0.25, 0.3) is 0 Å². The molecule has 1 aliphatic rings. The lowest BCUT2D eigenvalue weighted by Gasteiger charge is -2.17. The van der Waals surface area contributed by atoms with E-state index in [1.165, 1.54) is 24.3 Å². The largest absolute Gasteiger partial charge is 0.465 e. The van der Waals surface area contributed by atoms with Crippen molar-refractivity contribution in [2.24, 2.45) is 11.8 Å². The molecule has 0 bridgehead atoms. The van der Waals surface area contributed by atoms with Crippen LogP contribution >= 0.6 is 0 Å². The van der Waals surface area contributed by atoms with Crippen molar-refractivity contribution >= 4 is 17.9 Å². The molecule has 1 fully saturated rings. The minimum absolute atomic E-state index is 0.0655. The fourth-order valence-electron chi connectivity index (χ4n) is 4.13. The molecule has 1 heterocycles. The number of alkyl halides is 6. The fourth-order valence-corrected chi connectivity index (χ4v) is 4.13. The minimum Gasteiger partial charge on any atom is -0.465 e. The van der Waals surface area contributed by atoms with Crippen LogP contribution in [0.4, 0.5) is 31.1 Å². The highest BCUT2D eigenvalue weighted by Gasteiger charge is 2.43. The van der Waals surface area contributed by atoms with Crippen LogP contribution in [-0.4, -0.2) is 54.1 Å². The van der Waals surface area contributed by atoms with E-state index in [1.54, 1.807) is 0 Å². The van der Waals surface area contributed by atoms with Gasteiger partial charge in [-0.3, -0.25) is 9.59 Å². The Hall–Kier alpha value is -3.77. The van der Waals surface area contributed by atoms with Gasteiger partial charge < -0.3 is 20.6 Å². The van der Waals surface area contributed by atoms with Crippen molar-refractivity contribution in [3.8, 4) is 0 Å². The number of carboxylic acid groups (broad SMARTS) is 1. The summed E-state index contributed by atoms with van der Waals surface area (Å²) in [5.74, 6) is -3.10. The third kappa shape index (κ3) is 7.62. The average Bonchev–Trinajstić information content (AvgIpc) is 3.30. The molecule has 3 amide bonds. The van der Waals surface area contributed by atoms with Gasteiger partial charge in [0.1, 0.15) is 0 Å². The number of hydrogen-bond donors (Lipinski definition) is 3. The molecule has 0 aromatic heterocycles. The lowest BCUT2D eigenvalue weighted by atomic mass is 9.94. The van der Waals surface area contributed by atoms with Gasteiger partial charge in [0, 0.05) is 26.2 Å². The molecule has 3 N–H and O–H groups in total. The van der Waals surface area contributed by atoms with Crippen molar-refractivity contribution in [3.05, 3.63) is 70.8 Å². The van der Waals surface area contributed by atoms with Gasteiger partial charge in [0.15, 0.2) is 0 Å². The van der Waals surface area contributed by atoms with E-state index in [4.69, 9.17) is 0 Å². The van der Waals surface area contributed by atoms with E-state index in [0.717, 1.165) is 29.2 Å². The van der Waals surface area contributed by atoms with Crippen LogP contribution in [0.15, 0.2) is 48.5 Å². The van der Waals surface area contributed by atoms with E-state index < -0.39 is 53.2 Å². The Balaban J connectivity index is 1.53. The number of halogens is 6. The van der Waals surface area contributed by atoms with E-state index in [9.17, 15) is 45.8 Å². The first-order chi connectivity index (χ1) is 17.8. The molecule has 38 heavy (non-hydrogen) atoms. The number of carbonyl (C=O) groups excluding carboxylic acids is 2. The molecular formula is C25H25F6N3O4. The summed E-state index contributed by atoms with van der Waals surface area (Å²) in [6.07, 6.45) is -9.77. The first-order valence-corrected chi connectivity index (χ1v) is 11.6. The van der Waals surface area contributed by atoms with Crippen molar-refractivity contribution in [2.45, 2.75) is 25.2 Å². The fraction of sp³-hybridized carbons (Fsp3) is 0.400. The van der Waals surface area contributed by atoms with Crippen molar-refractivity contribution in [1.82, 2.24) is 15.5 Å². The molecular weight excluding hydrogens is 520 g/mol. The monoisotopic (exact) mass is 545 g/mol. The van der Waals surface area contributed by atoms with Gasteiger partial charge in [-0.25, -0.2) is 4.79 Å². The van der Waals surface area contributed by atoms with E-state index in [0.29, 0.717) is 11.1 Å². The second kappa shape index (κ2) is 11.7. The van der Waals surface area contributed by atoms with Crippen molar-refractivity contribution in [3.63, 3.8) is 0 Å². The number of rotatable bonds is 8. The number of likely N-dealkylation sites (tertiary alicyclic amines) is 1. The third-order valence-electron chi connectivity index (χ3n) is 6.25. The Morgan fingerprint density at radius 2 is 1.05 bits per heavy atom. The standard InChI is InChI=1S/C25H25F6N3O4/c26-24(27,28)17-5-1-15(2-6-17)9-11-32-21(35)19-13-34(23(37)38)14-20(19)22(36)33-12-10-16-3-7-18(8-4-16)25(29,30)31/h1-8,19-20H,9-14H2,(H,32,35)(H,33,36)(H,37,38). The predicted molar refractivity (Wildman–Crippen MR) is 123 cm³/mol. The molecule has 2 atom stereocenters. The van der Waals surface area contributed by atoms with E-state index in [1.807, 2.05) is 0 Å². The lowest BCUT2D eigenvalue weighted by molar-refractivity contribution is -0.138. The molecule has 2 aromatic carbocycles. The van der Waals surface area contributed by atoms with Crippen LogP contribution in [0, 0.1) is 11.8 Å². The SMILES string of the molecule is O=C(NCCc1ccc(C(F)(F)F)cc1)C1CN(C(=O)O)CC1C(=O)NCCc1ccc(C(F)(F)F)cc1. The second-order valence-corrected chi connectivity index (χ2v) is 8.87. The molecule has 0 aliphatic carbocycles. The van der Waals surface area contributed by atoms with Crippen LogP contribution in [0.3, 0.4) is 0 Å². The molecule has 0 radical (unpaired) electrons. The number of hydrogen-bond acceptors (Lipinski definition) is 3. The number of amides is 3. The average molecular weight is 545 g/mol. The number of nitrogens with one attached hydrogen (secondary N) is 2. The minimum atomic E-state index is -4.46. The topological polar surface area (TPSA) is 98.7 Å². The Bertz CT molecular complexity index is 1050. The van der Waals surface area contributed by atoms with Gasteiger partial charge in [-0.1, -0.05) is 24.3 Å². The summed E-state index contributed by atoms with van der Waals surface area (Å²) in [6.45, 7) is -0.289. The molecule has 7 nitrogen and oxygen atoms in total. The van der Waals surface area contributed by atoms with Gasteiger partial charge in [0.2, 0.25) is 11.8 Å². The molecule has 1 saturated heterocycles. The summed E-state index contributed by atoms with van der Waals surface area (Å²) in [5, 5.41) is 14.5. The van der Waals surface area contributed by atoms with E-state index in [2.05, 4.69) is 10.6 Å². The lowest BCUT2D eigenvalue weighted by Crippen LogP contribution is -2.42. The second-order valence-electron chi connectivity index (χ2n) is 8.87. The summed E-state index contributed by atoms with van der Waals surface area (Å²) in [6, 6.07) is 8.92. The summed E-state index contributed by atoms with van der Waals surface area (Å²) in [7, 11) is 0. The van der Waals surface area contributed by atoms with Gasteiger partial charge in [-0.05, 0) is 48.2 Å². The number of carbonyl (C=O) groups is 3. The van der Waals surface area contributed by atoms with Crippen LogP contribution in [0.5, 0.6) is 0 Å². The van der Waals surface area contributed by atoms with Crippen molar-refractivity contribution < 1.29 is 45.8 Å². The molecule has 206 valence electrons. The zero-order chi connectivity index (χ0) is 28.1. The summed E-state index contributed by atoms with van der Waals surface area (Å²) < 4.78 is 76.1. The number of benzene rings is 2. The van der Waals surface area contributed by atoms with Crippen molar-refractivity contribution in [1.29, 1.82) is 0 Å². The van der Waals surface area contributed by atoms with Crippen LogP contribution in [0.2, 0.25) is 0 Å². The molecule has 0 spiro atoms. The maximum absolute atomic E-state index is 12.8. The molecule has 13 heteroatoms. The van der Waals surface area contributed by atoms with Gasteiger partial charge in [0.25, 0.3) is 0 Å². The summed E-state index contributed by atoms with van der Waals surface area (Å²) >= 11 is 0. The molecule has 2 aromatic rings. The molecule has 1 aliphatic heterocycles. The molecule has 0 saturated carbocycles. The Morgan fingerprint density at radius 1 is 0.711 bits per heavy atom. The maximum Gasteiger partial charge on any atom is 0.416 e. The molecule has 2 unspecified atom stereocenters. The van der Waals surface area contributed by atoms with E-state index >= 15 is 0 Å². The van der Waals surface area contributed by atoms with Gasteiger partial charge in [-0.2, -0.15) is 26.3 Å². The van der Waals surface area contributed by atoms with Gasteiger partial charge in [0.05, 0.1) is 23.0 Å². The highest BCUT2D eigenvalue weighted by molar-refractivity contribution is 5.89. The third-order valence-corrected chi connectivity index (χ3v) is 6.25. The zero-order valence-corrected chi connectivity index (χ0v) is 19.9. The Morgan fingerprint density at radius 3 is 1.34 bits per heavy atom. The van der Waals surface area contributed by atoms with Crippen LogP contribution < -0.4 is 10.6 Å². The Kier molecular flexibility index (Phi) is 8.89. The van der Waals surface area contributed by atoms with Crippen LogP contribution in [-0.2, 0) is 34.8 Å². The quantitative estimate of drug-likeness (QED) is 0.438. The van der Waals surface area contributed by atoms with Gasteiger partial charge in [-0.15, -0.1) is 0 Å². The summed E-state index contributed by atoms with van der Waals surface area (Å²) in [4.78, 5) is 37.9. The maximum atomic E-state index is 12.8. The highest BCUT2D eigenvalue weighted by Crippen LogP contribution is 2.30.